The minimum Gasteiger partial charge on any atom is -0.380 e. The van der Waals surface area contributed by atoms with Crippen molar-refractivity contribution in [3.63, 3.8) is 0 Å². The van der Waals surface area contributed by atoms with Crippen molar-refractivity contribution in [1.82, 2.24) is 4.90 Å². The first-order valence-corrected chi connectivity index (χ1v) is 7.48. The number of ether oxygens (including phenoxy) is 3. The van der Waals surface area contributed by atoms with Gasteiger partial charge in [-0.2, -0.15) is 0 Å². The third kappa shape index (κ3) is 5.39. The van der Waals surface area contributed by atoms with Crippen LogP contribution in [-0.4, -0.2) is 62.9 Å². The minimum atomic E-state index is -4.53. The maximum atomic E-state index is 12.0. The Bertz CT molecular complexity index is 321. The van der Waals surface area contributed by atoms with E-state index in [1.165, 1.54) is 0 Å². The fourth-order valence-electron chi connectivity index (χ4n) is 2.89. The van der Waals surface area contributed by atoms with Gasteiger partial charge in [0.1, 0.15) is 0 Å². The molecule has 1 aliphatic heterocycles. The fourth-order valence-corrected chi connectivity index (χ4v) is 2.89. The topological polar surface area (TPSA) is 30.9 Å². The summed E-state index contributed by atoms with van der Waals surface area (Å²) in [6.07, 6.45) is -3.34. The molecule has 1 saturated heterocycles. The average molecular weight is 311 g/mol. The van der Waals surface area contributed by atoms with Crippen molar-refractivity contribution in [3.05, 3.63) is 0 Å². The van der Waals surface area contributed by atoms with Crippen LogP contribution in [0.4, 0.5) is 13.2 Å². The van der Waals surface area contributed by atoms with Crippen molar-refractivity contribution in [3.8, 4) is 0 Å². The van der Waals surface area contributed by atoms with E-state index in [0.29, 0.717) is 25.4 Å². The van der Waals surface area contributed by atoms with E-state index >= 15 is 0 Å². The Balaban J connectivity index is 1.55. The molecule has 2 atom stereocenters. The van der Waals surface area contributed by atoms with Crippen molar-refractivity contribution < 1.29 is 27.4 Å². The number of methoxy groups -OCH3 is 1. The number of hydrogen-bond donors (Lipinski definition) is 0. The van der Waals surface area contributed by atoms with Gasteiger partial charge in [0.05, 0.1) is 24.9 Å². The Labute approximate surface area is 123 Å². The van der Waals surface area contributed by atoms with Crippen LogP contribution >= 0.6 is 0 Å². The molecule has 0 radical (unpaired) electrons. The lowest BCUT2D eigenvalue weighted by molar-refractivity contribution is -0.357. The number of halogens is 3. The largest absolute Gasteiger partial charge is 0.522 e. The van der Waals surface area contributed by atoms with Gasteiger partial charge in [0.15, 0.2) is 0 Å². The van der Waals surface area contributed by atoms with Crippen molar-refractivity contribution in [2.24, 2.45) is 5.92 Å². The van der Waals surface area contributed by atoms with E-state index in [0.717, 1.165) is 26.1 Å². The highest BCUT2D eigenvalue weighted by Gasteiger charge is 2.40. The molecule has 0 aromatic carbocycles. The lowest BCUT2D eigenvalue weighted by atomic mass is 9.92. The number of alkyl halides is 3. The van der Waals surface area contributed by atoms with E-state index in [2.05, 4.69) is 16.6 Å². The van der Waals surface area contributed by atoms with Gasteiger partial charge in [0.2, 0.25) is 0 Å². The molecular weight excluding hydrogens is 287 g/mol. The molecule has 0 amide bonds. The van der Waals surface area contributed by atoms with Crippen molar-refractivity contribution in [2.75, 3.05) is 33.4 Å². The fraction of sp³-hybridized carbons (Fsp3) is 1.00. The van der Waals surface area contributed by atoms with Crippen LogP contribution in [0.25, 0.3) is 0 Å². The maximum Gasteiger partial charge on any atom is 0.522 e. The van der Waals surface area contributed by atoms with Crippen LogP contribution in [0, 0.1) is 5.92 Å². The number of likely N-dealkylation sites (tertiary alicyclic amines) is 1. The normalized spacial score (nSPS) is 34.7. The van der Waals surface area contributed by atoms with Gasteiger partial charge in [-0.1, -0.05) is 6.92 Å². The Morgan fingerprint density at radius 3 is 2.52 bits per heavy atom. The third-order valence-electron chi connectivity index (χ3n) is 4.39. The van der Waals surface area contributed by atoms with Crippen LogP contribution in [0.2, 0.25) is 0 Å². The zero-order valence-electron chi connectivity index (χ0n) is 12.6. The van der Waals surface area contributed by atoms with Gasteiger partial charge in [-0.05, 0) is 18.9 Å². The molecule has 0 spiro atoms. The first-order valence-electron chi connectivity index (χ1n) is 7.48. The molecule has 2 aliphatic rings. The second-order valence-electron chi connectivity index (χ2n) is 5.99. The summed E-state index contributed by atoms with van der Waals surface area (Å²) in [5.41, 5.74) is 0. The SMILES string of the molecule is CO[C@@H]1CN(CCOC2CC(OC(F)(F)F)C2)CC[C@H]1C. The summed E-state index contributed by atoms with van der Waals surface area (Å²) in [7, 11) is 1.73. The standard InChI is InChI=1S/C14H24F3NO3/c1-10-3-4-18(9-13(10)19-2)5-6-20-11-7-12(8-11)21-14(15,16)17/h10-13H,3-9H2,1-2H3/t10-,11?,12?,13-/m1/s1. The Kier molecular flexibility index (Phi) is 5.88. The molecule has 0 bridgehead atoms. The molecule has 0 N–H and O–H groups in total. The van der Waals surface area contributed by atoms with E-state index in [4.69, 9.17) is 9.47 Å². The molecule has 7 heteroatoms. The van der Waals surface area contributed by atoms with Crippen LogP contribution in [0.5, 0.6) is 0 Å². The molecule has 2 rings (SSSR count). The molecule has 0 aromatic rings. The van der Waals surface area contributed by atoms with Gasteiger partial charge in [0, 0.05) is 33.0 Å². The summed E-state index contributed by atoms with van der Waals surface area (Å²) >= 11 is 0. The first-order chi connectivity index (χ1) is 9.87. The van der Waals surface area contributed by atoms with E-state index in [1.807, 2.05) is 0 Å². The predicted octanol–water partition coefficient (Wildman–Crippen LogP) is 2.43. The van der Waals surface area contributed by atoms with Crippen LogP contribution in [0.3, 0.4) is 0 Å². The van der Waals surface area contributed by atoms with Gasteiger partial charge in [-0.25, -0.2) is 0 Å². The summed E-state index contributed by atoms with van der Waals surface area (Å²) in [5, 5.41) is 0. The second kappa shape index (κ2) is 7.26. The Morgan fingerprint density at radius 1 is 1.19 bits per heavy atom. The van der Waals surface area contributed by atoms with E-state index in [-0.39, 0.29) is 12.2 Å². The van der Waals surface area contributed by atoms with Crippen molar-refractivity contribution in [1.29, 1.82) is 0 Å². The molecule has 0 unspecified atom stereocenters. The van der Waals surface area contributed by atoms with E-state index < -0.39 is 12.5 Å². The number of piperidine rings is 1. The Morgan fingerprint density at radius 2 is 1.90 bits per heavy atom. The number of nitrogens with zero attached hydrogens (tertiary/aromatic N) is 1. The zero-order valence-corrected chi connectivity index (χ0v) is 12.6. The summed E-state index contributed by atoms with van der Waals surface area (Å²) in [5.74, 6) is 0.569. The maximum absolute atomic E-state index is 12.0. The molecule has 21 heavy (non-hydrogen) atoms. The lowest BCUT2D eigenvalue weighted by Crippen LogP contribution is -2.46. The number of rotatable bonds is 6. The summed E-state index contributed by atoms with van der Waals surface area (Å²) in [6.45, 7) is 5.46. The summed E-state index contributed by atoms with van der Waals surface area (Å²) < 4.78 is 50.9. The number of hydrogen-bond acceptors (Lipinski definition) is 4. The smallest absolute Gasteiger partial charge is 0.380 e. The van der Waals surface area contributed by atoms with Gasteiger partial charge in [-0.3, -0.25) is 9.64 Å². The zero-order chi connectivity index (χ0) is 15.5. The average Bonchev–Trinajstić information content (AvgIpc) is 2.36. The molecule has 0 aromatic heterocycles. The molecule has 124 valence electrons. The van der Waals surface area contributed by atoms with Gasteiger partial charge in [-0.15, -0.1) is 13.2 Å². The van der Waals surface area contributed by atoms with Crippen LogP contribution in [0.1, 0.15) is 26.2 Å². The van der Waals surface area contributed by atoms with Gasteiger partial charge < -0.3 is 9.47 Å². The van der Waals surface area contributed by atoms with Crippen molar-refractivity contribution >= 4 is 0 Å². The predicted molar refractivity (Wildman–Crippen MR) is 70.9 cm³/mol. The Hall–Kier alpha value is -0.370. The third-order valence-corrected chi connectivity index (χ3v) is 4.39. The molecule has 1 heterocycles. The lowest BCUT2D eigenvalue weighted by Gasteiger charge is -2.38. The molecule has 1 saturated carbocycles. The highest BCUT2D eigenvalue weighted by molar-refractivity contribution is 4.82. The molecular formula is C14H24F3NO3. The molecule has 2 fully saturated rings. The quantitative estimate of drug-likeness (QED) is 0.754. The van der Waals surface area contributed by atoms with Crippen molar-refractivity contribution in [2.45, 2.75) is 50.9 Å². The highest BCUT2D eigenvalue weighted by atomic mass is 19.4. The van der Waals surface area contributed by atoms with Crippen LogP contribution in [-0.2, 0) is 14.2 Å². The van der Waals surface area contributed by atoms with Gasteiger partial charge in [0.25, 0.3) is 0 Å². The van der Waals surface area contributed by atoms with Crippen LogP contribution < -0.4 is 0 Å². The molecule has 4 nitrogen and oxygen atoms in total. The minimum absolute atomic E-state index is 0.0979. The van der Waals surface area contributed by atoms with E-state index in [1.54, 1.807) is 7.11 Å². The first kappa shape index (κ1) is 17.0. The van der Waals surface area contributed by atoms with Crippen LogP contribution in [0.15, 0.2) is 0 Å². The van der Waals surface area contributed by atoms with E-state index in [9.17, 15) is 13.2 Å². The monoisotopic (exact) mass is 311 g/mol. The summed E-state index contributed by atoms with van der Waals surface area (Å²) in [6, 6.07) is 0. The van der Waals surface area contributed by atoms with Gasteiger partial charge >= 0.3 is 6.36 Å². The summed E-state index contributed by atoms with van der Waals surface area (Å²) in [4.78, 5) is 2.29. The second-order valence-corrected chi connectivity index (χ2v) is 5.99. The molecule has 1 aliphatic carbocycles. The highest BCUT2D eigenvalue weighted by Crippen LogP contribution is 2.32.